The molecule has 0 radical (unpaired) electrons. The van der Waals surface area contributed by atoms with Crippen LogP contribution in [0.5, 0.6) is 0 Å². The highest BCUT2D eigenvalue weighted by Crippen LogP contribution is 2.34. The van der Waals surface area contributed by atoms with E-state index in [1.165, 1.54) is 28.9 Å². The molecular formula is C21H31N5O6S. The number of ether oxygens (including phenoxy) is 2. The average Bonchev–Trinajstić information content (AvgIpc) is 3.22. The number of benzene rings is 1. The smallest absolute Gasteiger partial charge is 0.325 e. The van der Waals surface area contributed by atoms with Gasteiger partial charge < -0.3 is 9.47 Å². The molecule has 1 N–H and O–H groups in total. The minimum atomic E-state index is -4.21. The fourth-order valence-corrected chi connectivity index (χ4v) is 5.14. The van der Waals surface area contributed by atoms with Gasteiger partial charge in [0.2, 0.25) is 10.0 Å². The molecule has 0 saturated carbocycles. The van der Waals surface area contributed by atoms with Gasteiger partial charge in [0.05, 0.1) is 24.7 Å². The van der Waals surface area contributed by atoms with Gasteiger partial charge in [0.15, 0.2) is 5.82 Å². The van der Waals surface area contributed by atoms with E-state index in [2.05, 4.69) is 20.2 Å². The van der Waals surface area contributed by atoms with Gasteiger partial charge in [0.25, 0.3) is 0 Å². The van der Waals surface area contributed by atoms with E-state index in [1.54, 1.807) is 6.07 Å². The summed E-state index contributed by atoms with van der Waals surface area (Å²) in [5.74, 6) is -3.42. The Balaban J connectivity index is 2.61. The van der Waals surface area contributed by atoms with Gasteiger partial charge in [-0.2, -0.15) is 4.72 Å². The van der Waals surface area contributed by atoms with Crippen LogP contribution in [0, 0.1) is 5.41 Å². The van der Waals surface area contributed by atoms with Crippen LogP contribution in [-0.2, 0) is 34.6 Å². The highest BCUT2D eigenvalue weighted by molar-refractivity contribution is 7.89. The molecule has 1 heterocycles. The molecule has 2 atom stereocenters. The lowest BCUT2D eigenvalue weighted by Gasteiger charge is -2.34. The van der Waals surface area contributed by atoms with E-state index >= 15 is 0 Å². The van der Waals surface area contributed by atoms with Gasteiger partial charge >= 0.3 is 11.9 Å². The van der Waals surface area contributed by atoms with Crippen LogP contribution in [0.2, 0.25) is 0 Å². The largest absolute Gasteiger partial charge is 0.468 e. The van der Waals surface area contributed by atoms with Crippen LogP contribution in [0.4, 0.5) is 0 Å². The van der Waals surface area contributed by atoms with E-state index in [0.29, 0.717) is 6.42 Å². The van der Waals surface area contributed by atoms with Crippen molar-refractivity contribution >= 4 is 22.0 Å². The van der Waals surface area contributed by atoms with Crippen LogP contribution in [0.1, 0.15) is 52.8 Å². The van der Waals surface area contributed by atoms with Crippen molar-refractivity contribution in [1.82, 2.24) is 24.9 Å². The van der Waals surface area contributed by atoms with Crippen molar-refractivity contribution in [3.8, 4) is 0 Å². The Kier molecular flexibility index (Phi) is 7.96. The Labute approximate surface area is 193 Å². The summed E-state index contributed by atoms with van der Waals surface area (Å²) in [4.78, 5) is 25.5. The fraction of sp³-hybridized carbons (Fsp3) is 0.571. The number of esters is 2. The van der Waals surface area contributed by atoms with E-state index in [1.807, 2.05) is 34.6 Å². The molecule has 0 aliphatic rings. The summed E-state index contributed by atoms with van der Waals surface area (Å²) in [5, 5.41) is 11.7. The third-order valence-corrected chi connectivity index (χ3v) is 6.34. The molecule has 0 spiro atoms. The quantitative estimate of drug-likeness (QED) is 0.529. The van der Waals surface area contributed by atoms with Crippen LogP contribution < -0.4 is 4.72 Å². The molecule has 1 aromatic heterocycles. The number of rotatable bonds is 9. The fourth-order valence-electron chi connectivity index (χ4n) is 3.92. The topological polar surface area (TPSA) is 142 Å². The number of carbonyl (C=O) groups is 2. The van der Waals surface area contributed by atoms with Crippen molar-refractivity contribution in [2.75, 3.05) is 14.2 Å². The van der Waals surface area contributed by atoms with E-state index in [4.69, 9.17) is 9.47 Å². The van der Waals surface area contributed by atoms with Crippen LogP contribution in [0.15, 0.2) is 35.2 Å². The molecule has 0 saturated heterocycles. The zero-order valence-electron chi connectivity index (χ0n) is 19.9. The third-order valence-electron chi connectivity index (χ3n) is 4.89. The maximum absolute atomic E-state index is 13.0. The second kappa shape index (κ2) is 9.96. The molecule has 0 aliphatic heterocycles. The Hall–Kier alpha value is -2.86. The van der Waals surface area contributed by atoms with E-state index in [9.17, 15) is 18.0 Å². The molecule has 1 aromatic carbocycles. The number of nitrogens with zero attached hydrogens (tertiary/aromatic N) is 4. The monoisotopic (exact) mass is 481 g/mol. The summed E-state index contributed by atoms with van der Waals surface area (Å²) in [6.07, 6.45) is 0.616. The van der Waals surface area contributed by atoms with Crippen LogP contribution in [-0.4, -0.2) is 60.8 Å². The number of nitrogens with one attached hydrogen (secondary N) is 1. The lowest BCUT2D eigenvalue weighted by molar-refractivity contribution is -0.151. The number of carbonyl (C=O) groups excluding carboxylic acids is 2. The first kappa shape index (κ1) is 26.4. The number of methoxy groups -OCH3 is 2. The molecule has 33 heavy (non-hydrogen) atoms. The molecule has 0 bridgehead atoms. The standard InChI is InChI=1S/C21H31N5O6S/c1-20(2,3)13-21(4,5)26-17(22-24-25-26)15(18(27)31-6)16(19(28)32-7)23-33(29,30)14-11-9-8-10-12-14/h8-12,15-16,23H,13H2,1-7H3. The van der Waals surface area contributed by atoms with Gasteiger partial charge in [-0.25, -0.2) is 13.1 Å². The second-order valence-corrected chi connectivity index (χ2v) is 11.1. The first-order valence-electron chi connectivity index (χ1n) is 10.3. The van der Waals surface area contributed by atoms with Crippen LogP contribution in [0.25, 0.3) is 0 Å². The average molecular weight is 482 g/mol. The van der Waals surface area contributed by atoms with Crippen LogP contribution in [0.3, 0.4) is 0 Å². The summed E-state index contributed by atoms with van der Waals surface area (Å²) in [6.45, 7) is 9.90. The van der Waals surface area contributed by atoms with Crippen molar-refractivity contribution in [1.29, 1.82) is 0 Å². The van der Waals surface area contributed by atoms with Crippen molar-refractivity contribution in [2.24, 2.45) is 5.41 Å². The van der Waals surface area contributed by atoms with Crippen molar-refractivity contribution in [2.45, 2.75) is 63.4 Å². The normalized spacial score (nSPS) is 14.4. The molecule has 2 aromatic rings. The Morgan fingerprint density at radius 3 is 2.12 bits per heavy atom. The molecule has 12 heteroatoms. The van der Waals surface area contributed by atoms with Crippen molar-refractivity contribution in [3.63, 3.8) is 0 Å². The van der Waals surface area contributed by atoms with E-state index in [0.717, 1.165) is 14.2 Å². The number of sulfonamides is 1. The summed E-state index contributed by atoms with van der Waals surface area (Å²) >= 11 is 0. The van der Waals surface area contributed by atoms with Gasteiger partial charge in [0.1, 0.15) is 12.0 Å². The number of tetrazole rings is 1. The molecule has 0 aliphatic carbocycles. The molecular weight excluding hydrogens is 450 g/mol. The minimum absolute atomic E-state index is 0.0257. The van der Waals surface area contributed by atoms with E-state index < -0.39 is 39.5 Å². The van der Waals surface area contributed by atoms with Gasteiger partial charge in [0, 0.05) is 0 Å². The predicted molar refractivity (Wildman–Crippen MR) is 119 cm³/mol. The Morgan fingerprint density at radius 1 is 1.03 bits per heavy atom. The maximum atomic E-state index is 13.0. The van der Waals surface area contributed by atoms with Crippen molar-refractivity contribution < 1.29 is 27.5 Å². The minimum Gasteiger partial charge on any atom is -0.468 e. The summed E-state index contributed by atoms with van der Waals surface area (Å²) < 4.78 is 39.4. The first-order valence-corrected chi connectivity index (χ1v) is 11.7. The zero-order valence-corrected chi connectivity index (χ0v) is 20.7. The van der Waals surface area contributed by atoms with Crippen LogP contribution >= 0.6 is 0 Å². The second-order valence-electron chi connectivity index (χ2n) is 9.43. The Bertz CT molecular complexity index is 1080. The molecule has 182 valence electrons. The lowest BCUT2D eigenvalue weighted by atomic mass is 9.81. The number of aromatic nitrogens is 4. The zero-order chi connectivity index (χ0) is 25.0. The summed E-state index contributed by atoms with van der Waals surface area (Å²) in [6, 6.07) is 5.77. The van der Waals surface area contributed by atoms with Crippen molar-refractivity contribution in [3.05, 3.63) is 36.2 Å². The first-order chi connectivity index (χ1) is 15.2. The van der Waals surface area contributed by atoms with Gasteiger partial charge in [-0.05, 0) is 48.2 Å². The highest BCUT2D eigenvalue weighted by atomic mass is 32.2. The SMILES string of the molecule is COC(=O)C(NS(=O)(=O)c1ccccc1)C(C(=O)OC)c1nnnn1C(C)(C)CC(C)(C)C. The molecule has 11 nitrogen and oxygen atoms in total. The van der Waals surface area contributed by atoms with E-state index in [-0.39, 0.29) is 16.1 Å². The molecule has 2 unspecified atom stereocenters. The predicted octanol–water partition coefficient (Wildman–Crippen LogP) is 1.62. The third kappa shape index (κ3) is 6.35. The highest BCUT2D eigenvalue weighted by Gasteiger charge is 2.45. The summed E-state index contributed by atoms with van der Waals surface area (Å²) in [7, 11) is -1.99. The summed E-state index contributed by atoms with van der Waals surface area (Å²) in [5.41, 5.74) is -0.799. The van der Waals surface area contributed by atoms with Gasteiger partial charge in [-0.3, -0.25) is 9.59 Å². The lowest BCUT2D eigenvalue weighted by Crippen LogP contribution is -2.49. The Morgan fingerprint density at radius 2 is 1.61 bits per heavy atom. The van der Waals surface area contributed by atoms with Gasteiger partial charge in [-0.1, -0.05) is 39.0 Å². The molecule has 0 fully saturated rings. The maximum Gasteiger partial charge on any atom is 0.325 e. The molecule has 0 amide bonds. The number of hydrogen-bond acceptors (Lipinski definition) is 9. The number of hydrogen-bond donors (Lipinski definition) is 1. The molecule has 2 rings (SSSR count). The van der Waals surface area contributed by atoms with Gasteiger partial charge in [-0.15, -0.1) is 5.10 Å².